The standard InChI is InChI=1S/C14H22O/c1-10-6-7-11-13(2,3)8-5-9-14(11,4)12(10)15/h7,10H,5-6,8-9H2,1-4H3/t10?,14-/m1/s1. The molecule has 0 bridgehead atoms. The van der Waals surface area contributed by atoms with E-state index in [2.05, 4.69) is 33.8 Å². The highest BCUT2D eigenvalue weighted by Crippen LogP contribution is 2.54. The third kappa shape index (κ3) is 1.47. The summed E-state index contributed by atoms with van der Waals surface area (Å²) in [6.07, 6.45) is 6.79. The Morgan fingerprint density at radius 2 is 1.93 bits per heavy atom. The van der Waals surface area contributed by atoms with Gasteiger partial charge in [0, 0.05) is 11.3 Å². The maximum Gasteiger partial charge on any atom is 0.145 e. The zero-order chi connectivity index (χ0) is 11.3. The third-order valence-electron chi connectivity index (χ3n) is 4.47. The summed E-state index contributed by atoms with van der Waals surface area (Å²) in [5.74, 6) is 0.709. The normalized spacial score (nSPS) is 39.6. The second-order valence-corrected chi connectivity index (χ2v) is 6.19. The molecule has 1 saturated carbocycles. The molecule has 0 aromatic carbocycles. The highest BCUT2D eigenvalue weighted by Gasteiger charge is 2.48. The van der Waals surface area contributed by atoms with E-state index < -0.39 is 0 Å². The van der Waals surface area contributed by atoms with Gasteiger partial charge in [0.05, 0.1) is 0 Å². The Kier molecular flexibility index (Phi) is 2.33. The minimum absolute atomic E-state index is 0.139. The molecule has 2 atom stereocenters. The molecule has 0 saturated heterocycles. The Morgan fingerprint density at radius 1 is 1.27 bits per heavy atom. The van der Waals surface area contributed by atoms with E-state index in [0.29, 0.717) is 5.78 Å². The van der Waals surface area contributed by atoms with E-state index in [1.807, 2.05) is 0 Å². The molecular weight excluding hydrogens is 184 g/mol. The molecule has 84 valence electrons. The first kappa shape index (κ1) is 10.9. The summed E-state index contributed by atoms with van der Waals surface area (Å²) in [5.41, 5.74) is 1.52. The fourth-order valence-electron chi connectivity index (χ4n) is 3.60. The van der Waals surface area contributed by atoms with Gasteiger partial charge in [-0.15, -0.1) is 0 Å². The van der Waals surface area contributed by atoms with Crippen LogP contribution in [-0.2, 0) is 4.79 Å². The van der Waals surface area contributed by atoms with E-state index in [1.165, 1.54) is 18.4 Å². The van der Waals surface area contributed by atoms with Gasteiger partial charge in [0.15, 0.2) is 0 Å². The van der Waals surface area contributed by atoms with Gasteiger partial charge < -0.3 is 0 Å². The van der Waals surface area contributed by atoms with Crippen LogP contribution in [0.5, 0.6) is 0 Å². The molecule has 1 unspecified atom stereocenters. The molecule has 2 aliphatic carbocycles. The molecule has 0 amide bonds. The van der Waals surface area contributed by atoms with Crippen LogP contribution in [0.2, 0.25) is 0 Å². The lowest BCUT2D eigenvalue weighted by Gasteiger charge is -2.48. The molecule has 0 heterocycles. The average Bonchev–Trinajstić information content (AvgIpc) is 2.12. The molecule has 2 aliphatic rings. The fraction of sp³-hybridized carbons (Fsp3) is 0.786. The highest BCUT2D eigenvalue weighted by atomic mass is 16.1. The molecule has 0 N–H and O–H groups in total. The summed E-state index contributed by atoms with van der Waals surface area (Å²) in [4.78, 5) is 12.3. The van der Waals surface area contributed by atoms with E-state index >= 15 is 0 Å². The third-order valence-corrected chi connectivity index (χ3v) is 4.47. The second-order valence-electron chi connectivity index (χ2n) is 6.19. The van der Waals surface area contributed by atoms with Crippen molar-refractivity contribution in [2.75, 3.05) is 0 Å². The first-order chi connectivity index (χ1) is 6.88. The minimum Gasteiger partial charge on any atom is -0.298 e. The molecule has 1 fully saturated rings. The summed E-state index contributed by atoms with van der Waals surface area (Å²) in [7, 11) is 0. The number of carbonyl (C=O) groups is 1. The van der Waals surface area contributed by atoms with E-state index in [-0.39, 0.29) is 16.7 Å². The average molecular weight is 206 g/mol. The van der Waals surface area contributed by atoms with Crippen LogP contribution in [0.3, 0.4) is 0 Å². The van der Waals surface area contributed by atoms with Crippen LogP contribution in [0.15, 0.2) is 11.6 Å². The number of fused-ring (bicyclic) bond motifs is 1. The van der Waals surface area contributed by atoms with Crippen molar-refractivity contribution in [3.8, 4) is 0 Å². The lowest BCUT2D eigenvalue weighted by molar-refractivity contribution is -0.132. The summed E-state index contributed by atoms with van der Waals surface area (Å²) in [6.45, 7) is 8.82. The number of allylic oxidation sites excluding steroid dienone is 2. The molecule has 1 heteroatoms. The fourth-order valence-corrected chi connectivity index (χ4v) is 3.60. The summed E-state index contributed by atoms with van der Waals surface area (Å²) < 4.78 is 0. The first-order valence-electron chi connectivity index (χ1n) is 6.13. The highest BCUT2D eigenvalue weighted by molar-refractivity contribution is 5.91. The maximum atomic E-state index is 12.3. The van der Waals surface area contributed by atoms with E-state index in [9.17, 15) is 4.79 Å². The lowest BCUT2D eigenvalue weighted by Crippen LogP contribution is -2.44. The summed E-state index contributed by atoms with van der Waals surface area (Å²) >= 11 is 0. The zero-order valence-electron chi connectivity index (χ0n) is 10.4. The largest absolute Gasteiger partial charge is 0.298 e. The monoisotopic (exact) mass is 206 g/mol. The molecule has 0 aromatic rings. The van der Waals surface area contributed by atoms with Crippen molar-refractivity contribution in [1.82, 2.24) is 0 Å². The zero-order valence-corrected chi connectivity index (χ0v) is 10.4. The molecule has 0 aliphatic heterocycles. The van der Waals surface area contributed by atoms with Gasteiger partial charge in [-0.1, -0.05) is 38.8 Å². The number of carbonyl (C=O) groups excluding carboxylic acids is 1. The van der Waals surface area contributed by atoms with Gasteiger partial charge in [0.25, 0.3) is 0 Å². The van der Waals surface area contributed by atoms with E-state index in [1.54, 1.807) is 0 Å². The van der Waals surface area contributed by atoms with E-state index in [4.69, 9.17) is 0 Å². The molecule has 15 heavy (non-hydrogen) atoms. The topological polar surface area (TPSA) is 17.1 Å². The summed E-state index contributed by atoms with van der Waals surface area (Å²) in [6, 6.07) is 0. The predicted molar refractivity (Wildman–Crippen MR) is 62.6 cm³/mol. The van der Waals surface area contributed by atoms with Gasteiger partial charge in [0.1, 0.15) is 5.78 Å². The number of Topliss-reactive ketones (excluding diaryl/α,β-unsaturated/α-hetero) is 1. The smallest absolute Gasteiger partial charge is 0.145 e. The molecule has 0 radical (unpaired) electrons. The predicted octanol–water partition coefficient (Wildman–Crippen LogP) is 3.74. The van der Waals surface area contributed by atoms with Gasteiger partial charge in [-0.05, 0) is 31.6 Å². The van der Waals surface area contributed by atoms with Crippen LogP contribution < -0.4 is 0 Å². The van der Waals surface area contributed by atoms with Crippen molar-refractivity contribution < 1.29 is 4.79 Å². The molecule has 1 nitrogen and oxygen atoms in total. The Balaban J connectivity index is 2.47. The van der Waals surface area contributed by atoms with Crippen LogP contribution in [-0.4, -0.2) is 5.78 Å². The lowest BCUT2D eigenvalue weighted by atomic mass is 9.55. The summed E-state index contributed by atoms with van der Waals surface area (Å²) in [5, 5.41) is 0. The van der Waals surface area contributed by atoms with Crippen LogP contribution in [0, 0.1) is 16.7 Å². The quantitative estimate of drug-likeness (QED) is 0.552. The van der Waals surface area contributed by atoms with Crippen molar-refractivity contribution >= 4 is 5.78 Å². The number of rotatable bonds is 0. The maximum absolute atomic E-state index is 12.3. The van der Waals surface area contributed by atoms with Gasteiger partial charge in [0.2, 0.25) is 0 Å². The van der Waals surface area contributed by atoms with Crippen molar-refractivity contribution in [2.24, 2.45) is 16.7 Å². The van der Waals surface area contributed by atoms with Crippen molar-refractivity contribution in [3.63, 3.8) is 0 Å². The Morgan fingerprint density at radius 3 is 2.60 bits per heavy atom. The van der Waals surface area contributed by atoms with Gasteiger partial charge in [-0.3, -0.25) is 4.79 Å². The molecule has 0 aromatic heterocycles. The minimum atomic E-state index is -0.139. The van der Waals surface area contributed by atoms with Gasteiger partial charge in [-0.2, -0.15) is 0 Å². The number of ketones is 1. The SMILES string of the molecule is CC1CC=C2C(C)(C)CCC[C@@]2(C)C1=O. The molecular formula is C14H22O. The first-order valence-corrected chi connectivity index (χ1v) is 6.13. The van der Waals surface area contributed by atoms with Crippen LogP contribution in [0.1, 0.15) is 53.4 Å². The van der Waals surface area contributed by atoms with Crippen molar-refractivity contribution in [2.45, 2.75) is 53.4 Å². The molecule has 0 spiro atoms. The van der Waals surface area contributed by atoms with Gasteiger partial charge >= 0.3 is 0 Å². The van der Waals surface area contributed by atoms with Crippen molar-refractivity contribution in [1.29, 1.82) is 0 Å². The van der Waals surface area contributed by atoms with Crippen LogP contribution >= 0.6 is 0 Å². The van der Waals surface area contributed by atoms with Crippen molar-refractivity contribution in [3.05, 3.63) is 11.6 Å². The van der Waals surface area contributed by atoms with Crippen LogP contribution in [0.4, 0.5) is 0 Å². The Bertz CT molecular complexity index is 324. The number of hydrogen-bond acceptors (Lipinski definition) is 1. The van der Waals surface area contributed by atoms with Gasteiger partial charge in [-0.25, -0.2) is 0 Å². The Labute approximate surface area is 92.9 Å². The van der Waals surface area contributed by atoms with Crippen LogP contribution in [0.25, 0.3) is 0 Å². The Hall–Kier alpha value is -0.590. The second kappa shape index (κ2) is 3.20. The van der Waals surface area contributed by atoms with E-state index in [0.717, 1.165) is 12.8 Å². The number of hydrogen-bond donors (Lipinski definition) is 0. The molecule has 2 rings (SSSR count).